The number of nitrogens with one attached hydrogen (secondary N) is 1. The first-order valence-electron chi connectivity index (χ1n) is 6.85. The van der Waals surface area contributed by atoms with Gasteiger partial charge in [-0.25, -0.2) is 0 Å². The quantitative estimate of drug-likeness (QED) is 0.812. The van der Waals surface area contributed by atoms with Crippen molar-refractivity contribution in [3.05, 3.63) is 29.3 Å². The van der Waals surface area contributed by atoms with Gasteiger partial charge in [0.05, 0.1) is 6.61 Å². The first-order chi connectivity index (χ1) is 8.84. The zero-order chi connectivity index (χ0) is 12.4. The molecule has 1 saturated heterocycles. The standard InChI is InChI=1S/C15H19NO2/c17-15(13-3-1-7-16-10-13)12-5-6-14-11(9-12)4-2-8-18-14/h5-6,9,13,16H,1-4,7-8,10H2. The molecule has 1 N–H and O–H groups in total. The van der Waals surface area contributed by atoms with Gasteiger partial charge in [0.15, 0.2) is 5.78 Å². The van der Waals surface area contributed by atoms with Crippen LogP contribution in [0.25, 0.3) is 0 Å². The van der Waals surface area contributed by atoms with Gasteiger partial charge < -0.3 is 10.1 Å². The molecular formula is C15H19NO2. The molecular weight excluding hydrogens is 226 g/mol. The minimum atomic E-state index is 0.154. The Bertz CT molecular complexity index is 450. The van der Waals surface area contributed by atoms with Gasteiger partial charge in [-0.15, -0.1) is 0 Å². The van der Waals surface area contributed by atoms with E-state index in [2.05, 4.69) is 5.32 Å². The number of ketones is 1. The third-order valence-electron chi connectivity index (χ3n) is 3.86. The number of aryl methyl sites for hydroxylation is 1. The van der Waals surface area contributed by atoms with Crippen LogP contribution in [0.3, 0.4) is 0 Å². The smallest absolute Gasteiger partial charge is 0.167 e. The lowest BCUT2D eigenvalue weighted by Gasteiger charge is -2.23. The zero-order valence-corrected chi connectivity index (χ0v) is 10.6. The Morgan fingerprint density at radius 3 is 3.11 bits per heavy atom. The van der Waals surface area contributed by atoms with Crippen LogP contribution in [0.2, 0.25) is 0 Å². The van der Waals surface area contributed by atoms with Gasteiger partial charge in [-0.3, -0.25) is 4.79 Å². The molecule has 1 fully saturated rings. The second-order valence-electron chi connectivity index (χ2n) is 5.18. The second-order valence-corrected chi connectivity index (χ2v) is 5.18. The number of hydrogen-bond acceptors (Lipinski definition) is 3. The van der Waals surface area contributed by atoms with Crippen molar-refractivity contribution in [1.82, 2.24) is 5.32 Å². The second kappa shape index (κ2) is 5.11. The number of Topliss-reactive ketones (excluding diaryl/α,β-unsaturated/α-hetero) is 1. The fraction of sp³-hybridized carbons (Fsp3) is 0.533. The molecule has 3 nitrogen and oxygen atoms in total. The fourth-order valence-corrected chi connectivity index (χ4v) is 2.82. The van der Waals surface area contributed by atoms with Gasteiger partial charge in [-0.05, 0) is 56.0 Å². The Balaban J connectivity index is 1.80. The van der Waals surface area contributed by atoms with E-state index >= 15 is 0 Å². The van der Waals surface area contributed by atoms with Gasteiger partial charge >= 0.3 is 0 Å². The van der Waals surface area contributed by atoms with Gasteiger partial charge in [0.1, 0.15) is 5.75 Å². The molecule has 0 aromatic heterocycles. The van der Waals surface area contributed by atoms with E-state index in [0.717, 1.165) is 56.7 Å². The SMILES string of the molecule is O=C(c1ccc2c(c1)CCCO2)C1CCCNC1. The van der Waals surface area contributed by atoms with E-state index in [1.165, 1.54) is 5.56 Å². The molecule has 0 aliphatic carbocycles. The Kier molecular flexibility index (Phi) is 3.33. The highest BCUT2D eigenvalue weighted by Crippen LogP contribution is 2.27. The summed E-state index contributed by atoms with van der Waals surface area (Å²) in [5, 5.41) is 3.30. The summed E-state index contributed by atoms with van der Waals surface area (Å²) in [7, 11) is 0. The highest BCUT2D eigenvalue weighted by Gasteiger charge is 2.23. The molecule has 2 aliphatic rings. The van der Waals surface area contributed by atoms with Crippen molar-refractivity contribution in [3.63, 3.8) is 0 Å². The molecule has 2 aliphatic heterocycles. The van der Waals surface area contributed by atoms with E-state index in [0.29, 0.717) is 0 Å². The molecule has 0 amide bonds. The van der Waals surface area contributed by atoms with Crippen molar-refractivity contribution in [2.24, 2.45) is 5.92 Å². The third kappa shape index (κ3) is 2.27. The number of fused-ring (bicyclic) bond motifs is 1. The van der Waals surface area contributed by atoms with Crippen LogP contribution in [0.1, 0.15) is 35.2 Å². The first-order valence-corrected chi connectivity index (χ1v) is 6.85. The van der Waals surface area contributed by atoms with Crippen molar-refractivity contribution in [2.75, 3.05) is 19.7 Å². The van der Waals surface area contributed by atoms with Crippen LogP contribution >= 0.6 is 0 Å². The Morgan fingerprint density at radius 2 is 2.28 bits per heavy atom. The van der Waals surface area contributed by atoms with E-state index in [1.54, 1.807) is 0 Å². The van der Waals surface area contributed by atoms with Crippen LogP contribution in [0, 0.1) is 5.92 Å². The van der Waals surface area contributed by atoms with Crippen LogP contribution in [0.5, 0.6) is 5.75 Å². The zero-order valence-electron chi connectivity index (χ0n) is 10.6. The summed E-state index contributed by atoms with van der Waals surface area (Å²) in [5.74, 6) is 1.40. The Hall–Kier alpha value is -1.35. The molecule has 0 saturated carbocycles. The number of carbonyl (C=O) groups is 1. The molecule has 0 bridgehead atoms. The topological polar surface area (TPSA) is 38.3 Å². The number of ether oxygens (including phenoxy) is 1. The maximum absolute atomic E-state index is 12.4. The lowest BCUT2D eigenvalue weighted by atomic mass is 9.89. The molecule has 2 heterocycles. The van der Waals surface area contributed by atoms with E-state index in [1.807, 2.05) is 18.2 Å². The molecule has 1 aromatic rings. The number of piperidine rings is 1. The molecule has 1 aromatic carbocycles. The minimum Gasteiger partial charge on any atom is -0.493 e. The fourth-order valence-electron chi connectivity index (χ4n) is 2.82. The Morgan fingerprint density at radius 1 is 1.33 bits per heavy atom. The molecule has 0 spiro atoms. The van der Waals surface area contributed by atoms with Gasteiger partial charge in [0.25, 0.3) is 0 Å². The number of benzene rings is 1. The van der Waals surface area contributed by atoms with E-state index in [-0.39, 0.29) is 11.7 Å². The van der Waals surface area contributed by atoms with Gasteiger partial charge in [-0.2, -0.15) is 0 Å². The number of rotatable bonds is 2. The normalized spacial score (nSPS) is 23.0. The van der Waals surface area contributed by atoms with Crippen LogP contribution in [-0.4, -0.2) is 25.5 Å². The number of hydrogen-bond donors (Lipinski definition) is 1. The van der Waals surface area contributed by atoms with Crippen molar-refractivity contribution >= 4 is 5.78 Å². The lowest BCUT2D eigenvalue weighted by Crippen LogP contribution is -2.34. The average Bonchev–Trinajstić information content (AvgIpc) is 2.47. The van der Waals surface area contributed by atoms with Crippen LogP contribution in [-0.2, 0) is 6.42 Å². The molecule has 3 rings (SSSR count). The highest BCUT2D eigenvalue weighted by molar-refractivity contribution is 5.98. The largest absolute Gasteiger partial charge is 0.493 e. The molecule has 96 valence electrons. The molecule has 1 unspecified atom stereocenters. The molecule has 18 heavy (non-hydrogen) atoms. The summed E-state index contributed by atoms with van der Waals surface area (Å²) < 4.78 is 5.58. The van der Waals surface area contributed by atoms with E-state index < -0.39 is 0 Å². The van der Waals surface area contributed by atoms with Crippen molar-refractivity contribution in [3.8, 4) is 5.75 Å². The van der Waals surface area contributed by atoms with Crippen molar-refractivity contribution in [2.45, 2.75) is 25.7 Å². The van der Waals surface area contributed by atoms with Crippen LogP contribution in [0.4, 0.5) is 0 Å². The van der Waals surface area contributed by atoms with Crippen LogP contribution < -0.4 is 10.1 Å². The summed E-state index contributed by atoms with van der Waals surface area (Å²) >= 11 is 0. The first kappa shape index (κ1) is 11.7. The predicted molar refractivity (Wildman–Crippen MR) is 70.2 cm³/mol. The van der Waals surface area contributed by atoms with Crippen LogP contribution in [0.15, 0.2) is 18.2 Å². The van der Waals surface area contributed by atoms with Gasteiger partial charge in [-0.1, -0.05) is 0 Å². The minimum absolute atomic E-state index is 0.154. The maximum atomic E-state index is 12.4. The monoisotopic (exact) mass is 245 g/mol. The average molecular weight is 245 g/mol. The van der Waals surface area contributed by atoms with Gasteiger partial charge in [0, 0.05) is 18.0 Å². The summed E-state index contributed by atoms with van der Waals surface area (Å²) in [6.07, 6.45) is 4.19. The highest BCUT2D eigenvalue weighted by atomic mass is 16.5. The van der Waals surface area contributed by atoms with Crippen molar-refractivity contribution in [1.29, 1.82) is 0 Å². The summed E-state index contributed by atoms with van der Waals surface area (Å²) in [6.45, 7) is 2.67. The predicted octanol–water partition coefficient (Wildman–Crippen LogP) is 2.19. The third-order valence-corrected chi connectivity index (χ3v) is 3.86. The van der Waals surface area contributed by atoms with Crippen molar-refractivity contribution < 1.29 is 9.53 Å². The van der Waals surface area contributed by atoms with Gasteiger partial charge in [0.2, 0.25) is 0 Å². The summed E-state index contributed by atoms with van der Waals surface area (Å²) in [5.41, 5.74) is 2.05. The molecule has 3 heteroatoms. The number of carbonyl (C=O) groups excluding carboxylic acids is 1. The Labute approximate surface area is 108 Å². The summed E-state index contributed by atoms with van der Waals surface area (Å²) in [6, 6.07) is 5.91. The molecule has 1 atom stereocenters. The van der Waals surface area contributed by atoms with E-state index in [9.17, 15) is 4.79 Å². The lowest BCUT2D eigenvalue weighted by molar-refractivity contribution is 0.0899. The van der Waals surface area contributed by atoms with E-state index in [4.69, 9.17) is 4.74 Å². The molecule has 0 radical (unpaired) electrons. The maximum Gasteiger partial charge on any atom is 0.167 e. The summed E-state index contributed by atoms with van der Waals surface area (Å²) in [4.78, 5) is 12.4.